The first-order chi connectivity index (χ1) is 14.6. The van der Waals surface area contributed by atoms with Gasteiger partial charge in [0.1, 0.15) is 12.4 Å². The molecule has 0 saturated heterocycles. The van der Waals surface area contributed by atoms with Gasteiger partial charge in [0.05, 0.1) is 5.56 Å². The van der Waals surface area contributed by atoms with Crippen molar-refractivity contribution in [3.05, 3.63) is 77.5 Å². The minimum absolute atomic E-state index is 0.180. The van der Waals surface area contributed by atoms with Gasteiger partial charge in [0.2, 0.25) is 0 Å². The summed E-state index contributed by atoms with van der Waals surface area (Å²) >= 11 is 0. The Hall–Kier alpha value is -3.54. The number of ether oxygens (including phenoxy) is 2. The predicted molar refractivity (Wildman–Crippen MR) is 120 cm³/mol. The molecule has 3 rings (SSSR count). The zero-order chi connectivity index (χ0) is 22.8. The van der Waals surface area contributed by atoms with Gasteiger partial charge in [-0.1, -0.05) is 24.8 Å². The number of nitrogens with zero attached hydrogens (tertiary/aromatic N) is 1. The maximum Gasteiger partial charge on any atom is 0.347 e. The van der Waals surface area contributed by atoms with Gasteiger partial charge in [-0.15, -0.1) is 0 Å². The van der Waals surface area contributed by atoms with Gasteiger partial charge >= 0.3 is 11.9 Å². The third kappa shape index (κ3) is 4.63. The van der Waals surface area contributed by atoms with Crippen LogP contribution in [-0.2, 0) is 16.1 Å². The van der Waals surface area contributed by atoms with Crippen molar-refractivity contribution < 1.29 is 24.2 Å². The van der Waals surface area contributed by atoms with Crippen molar-refractivity contribution >= 4 is 22.8 Å². The Morgan fingerprint density at radius 2 is 1.81 bits per heavy atom. The van der Waals surface area contributed by atoms with Crippen LogP contribution >= 0.6 is 0 Å². The highest BCUT2D eigenvalue weighted by molar-refractivity contribution is 5.96. The number of rotatable bonds is 8. The van der Waals surface area contributed by atoms with Gasteiger partial charge in [-0.2, -0.15) is 0 Å². The van der Waals surface area contributed by atoms with Gasteiger partial charge in [0, 0.05) is 23.1 Å². The molecule has 0 aliphatic rings. The van der Waals surface area contributed by atoms with Gasteiger partial charge in [-0.05, 0) is 69.2 Å². The summed E-state index contributed by atoms with van der Waals surface area (Å²) in [5, 5.41) is 10.2. The summed E-state index contributed by atoms with van der Waals surface area (Å²) in [5.74, 6) is -0.884. The molecule has 1 heterocycles. The Balaban J connectivity index is 1.86. The summed E-state index contributed by atoms with van der Waals surface area (Å²) < 4.78 is 12.9. The summed E-state index contributed by atoms with van der Waals surface area (Å²) in [7, 11) is 0. The lowest BCUT2D eigenvalue weighted by atomic mass is 10.1. The fourth-order valence-electron chi connectivity index (χ4n) is 3.38. The number of aromatic nitrogens is 1. The third-order valence-corrected chi connectivity index (χ3v) is 5.36. The van der Waals surface area contributed by atoms with Crippen molar-refractivity contribution in [2.45, 2.75) is 39.8 Å². The number of carboxylic acid groups (broad SMARTS) is 1. The number of aryl methyl sites for hydroxylation is 1. The van der Waals surface area contributed by atoms with Crippen molar-refractivity contribution in [1.29, 1.82) is 0 Å². The van der Waals surface area contributed by atoms with Crippen LogP contribution in [0.5, 0.6) is 5.75 Å². The van der Waals surface area contributed by atoms with Crippen LogP contribution in [0.15, 0.2) is 55.1 Å². The van der Waals surface area contributed by atoms with E-state index in [9.17, 15) is 14.7 Å². The van der Waals surface area contributed by atoms with Crippen LogP contribution in [0.1, 0.15) is 41.0 Å². The van der Waals surface area contributed by atoms with Crippen LogP contribution in [-0.4, -0.2) is 33.8 Å². The molecule has 0 atom stereocenters. The van der Waals surface area contributed by atoms with Crippen molar-refractivity contribution in [1.82, 2.24) is 4.57 Å². The van der Waals surface area contributed by atoms with Crippen molar-refractivity contribution in [2.75, 3.05) is 6.61 Å². The molecule has 0 radical (unpaired) electrons. The van der Waals surface area contributed by atoms with Crippen LogP contribution < -0.4 is 4.74 Å². The van der Waals surface area contributed by atoms with Crippen molar-refractivity contribution in [3.63, 3.8) is 0 Å². The number of carbonyl (C=O) groups excluding carboxylic acids is 1. The van der Waals surface area contributed by atoms with Crippen LogP contribution in [0.3, 0.4) is 0 Å². The van der Waals surface area contributed by atoms with Crippen LogP contribution in [0.2, 0.25) is 0 Å². The van der Waals surface area contributed by atoms with E-state index in [4.69, 9.17) is 9.47 Å². The number of aliphatic carboxylic acids is 1. The molecular formula is C25H27NO5. The quantitative estimate of drug-likeness (QED) is 0.414. The molecular weight excluding hydrogens is 394 g/mol. The Morgan fingerprint density at radius 1 is 1.13 bits per heavy atom. The van der Waals surface area contributed by atoms with E-state index in [0.29, 0.717) is 17.9 Å². The largest absolute Gasteiger partial charge is 0.478 e. The molecule has 0 fully saturated rings. The van der Waals surface area contributed by atoms with Gasteiger partial charge in [0.25, 0.3) is 0 Å². The number of hydrogen-bond donors (Lipinski definition) is 1. The predicted octanol–water partition coefficient (Wildman–Crippen LogP) is 4.89. The number of esters is 1. The normalized spacial score (nSPS) is 11.4. The number of carboxylic acids is 1. The van der Waals surface area contributed by atoms with Gasteiger partial charge < -0.3 is 19.1 Å². The molecule has 3 aromatic rings. The summed E-state index contributed by atoms with van der Waals surface area (Å²) in [4.78, 5) is 23.4. The van der Waals surface area contributed by atoms with E-state index in [2.05, 4.69) is 18.1 Å². The molecule has 0 aliphatic carbocycles. The Bertz CT molecular complexity index is 1140. The summed E-state index contributed by atoms with van der Waals surface area (Å²) in [6, 6.07) is 13.0. The second kappa shape index (κ2) is 8.68. The number of hydrogen-bond acceptors (Lipinski definition) is 4. The first-order valence-electron chi connectivity index (χ1n) is 10.0. The van der Waals surface area contributed by atoms with Crippen LogP contribution in [0.25, 0.3) is 10.9 Å². The average Bonchev–Trinajstić information content (AvgIpc) is 2.97. The lowest BCUT2D eigenvalue weighted by Gasteiger charge is -2.21. The van der Waals surface area contributed by atoms with Crippen molar-refractivity contribution in [3.8, 4) is 5.75 Å². The fraction of sp³-hybridized carbons (Fsp3) is 0.280. The SMILES string of the molecule is C=CCOC(=O)c1ccc2c(c1)c(C)c(C)n2Cc1ccc(OC(C)(C)C(=O)O)cc1. The molecule has 0 unspecified atom stereocenters. The highest BCUT2D eigenvalue weighted by Crippen LogP contribution is 2.28. The van der Waals surface area contributed by atoms with Gasteiger partial charge in [0.15, 0.2) is 5.60 Å². The second-order valence-corrected chi connectivity index (χ2v) is 7.98. The highest BCUT2D eigenvalue weighted by Gasteiger charge is 2.29. The molecule has 162 valence electrons. The summed E-state index contributed by atoms with van der Waals surface area (Å²) in [6.07, 6.45) is 1.54. The lowest BCUT2D eigenvalue weighted by Crippen LogP contribution is -2.37. The Morgan fingerprint density at radius 3 is 2.42 bits per heavy atom. The highest BCUT2D eigenvalue weighted by atomic mass is 16.5. The molecule has 2 aromatic carbocycles. The van der Waals surface area contributed by atoms with E-state index in [0.717, 1.165) is 27.7 Å². The molecule has 0 saturated carbocycles. The molecule has 1 aromatic heterocycles. The zero-order valence-electron chi connectivity index (χ0n) is 18.3. The number of carbonyl (C=O) groups is 2. The minimum atomic E-state index is -1.30. The smallest absolute Gasteiger partial charge is 0.347 e. The Labute approximate surface area is 181 Å². The molecule has 6 heteroatoms. The maximum atomic E-state index is 12.2. The fourth-order valence-corrected chi connectivity index (χ4v) is 3.38. The van der Waals surface area contributed by atoms with E-state index < -0.39 is 11.6 Å². The first-order valence-corrected chi connectivity index (χ1v) is 10.0. The maximum absolute atomic E-state index is 12.2. The molecule has 0 amide bonds. The number of benzene rings is 2. The zero-order valence-corrected chi connectivity index (χ0v) is 18.3. The molecule has 1 N–H and O–H groups in total. The van der Waals surface area contributed by atoms with E-state index in [-0.39, 0.29) is 12.6 Å². The number of fused-ring (bicyclic) bond motifs is 1. The molecule has 0 aliphatic heterocycles. The molecule has 31 heavy (non-hydrogen) atoms. The Kier molecular flexibility index (Phi) is 6.20. The standard InChI is InChI=1S/C25H27NO5/c1-6-13-30-23(27)19-9-12-22-21(14-19)16(2)17(3)26(22)15-18-7-10-20(11-8-18)31-25(4,5)24(28)29/h6-12,14H,1,13,15H2,2-5H3,(H,28,29). The van der Waals surface area contributed by atoms with Gasteiger partial charge in [-0.3, -0.25) is 0 Å². The minimum Gasteiger partial charge on any atom is -0.478 e. The molecule has 0 bridgehead atoms. The monoisotopic (exact) mass is 421 g/mol. The molecule has 6 nitrogen and oxygen atoms in total. The van der Waals surface area contributed by atoms with Gasteiger partial charge in [-0.25, -0.2) is 9.59 Å². The first kappa shape index (κ1) is 22.2. The van der Waals surface area contributed by atoms with E-state index in [1.165, 1.54) is 13.8 Å². The third-order valence-electron chi connectivity index (χ3n) is 5.36. The lowest BCUT2D eigenvalue weighted by molar-refractivity contribution is -0.152. The average molecular weight is 421 g/mol. The van der Waals surface area contributed by atoms with Crippen molar-refractivity contribution in [2.24, 2.45) is 0 Å². The van der Waals surface area contributed by atoms with E-state index >= 15 is 0 Å². The van der Waals surface area contributed by atoms with Crippen LogP contribution in [0.4, 0.5) is 0 Å². The topological polar surface area (TPSA) is 77.8 Å². The van der Waals surface area contributed by atoms with E-state index in [1.807, 2.05) is 31.2 Å². The van der Waals surface area contributed by atoms with E-state index in [1.54, 1.807) is 24.3 Å². The summed E-state index contributed by atoms with van der Waals surface area (Å²) in [5.41, 5.74) is 3.52. The second-order valence-electron chi connectivity index (χ2n) is 7.98. The molecule has 0 spiro atoms. The summed E-state index contributed by atoms with van der Waals surface area (Å²) in [6.45, 7) is 11.5. The van der Waals surface area contributed by atoms with Crippen LogP contribution in [0, 0.1) is 13.8 Å².